The van der Waals surface area contributed by atoms with E-state index in [-0.39, 0.29) is 29.1 Å². The minimum absolute atomic E-state index is 0.0471. The number of methoxy groups -OCH3 is 1. The van der Waals surface area contributed by atoms with Crippen LogP contribution in [0.1, 0.15) is 57.9 Å². The average molecular weight is 668 g/mol. The molecule has 2 amide bonds. The van der Waals surface area contributed by atoms with Crippen LogP contribution in [-0.2, 0) is 26.2 Å². The van der Waals surface area contributed by atoms with E-state index in [0.717, 1.165) is 46.9 Å². The summed E-state index contributed by atoms with van der Waals surface area (Å²) >= 11 is 1.50. The van der Waals surface area contributed by atoms with E-state index >= 15 is 0 Å². The van der Waals surface area contributed by atoms with Gasteiger partial charge in [0, 0.05) is 17.5 Å². The Kier molecular flexibility index (Phi) is 12.8. The SMILES string of the molecule is CCOc1ccccc1N(CC(=O)N(Cc1cccc(OC)c1)[C@H](CC)C(=O)NC1CCCCC1)S(=O)(=O)c1ccc(SC)cc1. The van der Waals surface area contributed by atoms with Crippen LogP contribution in [0.3, 0.4) is 0 Å². The molecule has 0 heterocycles. The summed E-state index contributed by atoms with van der Waals surface area (Å²) in [5, 5.41) is 3.18. The lowest BCUT2D eigenvalue weighted by molar-refractivity contribution is -0.140. The van der Waals surface area contributed by atoms with Crippen molar-refractivity contribution in [2.24, 2.45) is 0 Å². The molecule has 1 N–H and O–H groups in total. The van der Waals surface area contributed by atoms with Crippen LogP contribution in [0.25, 0.3) is 0 Å². The lowest BCUT2D eigenvalue weighted by Crippen LogP contribution is -2.54. The van der Waals surface area contributed by atoms with Crippen molar-refractivity contribution in [1.29, 1.82) is 0 Å². The Morgan fingerprint density at radius 1 is 0.978 bits per heavy atom. The Hall–Kier alpha value is -3.70. The van der Waals surface area contributed by atoms with Crippen LogP contribution in [0.15, 0.2) is 82.6 Å². The molecule has 3 aromatic rings. The van der Waals surface area contributed by atoms with Gasteiger partial charge in [0.25, 0.3) is 10.0 Å². The number of para-hydroxylation sites is 2. The Morgan fingerprint density at radius 2 is 1.70 bits per heavy atom. The van der Waals surface area contributed by atoms with Crippen molar-refractivity contribution in [3.05, 3.63) is 78.4 Å². The number of nitrogens with zero attached hydrogens (tertiary/aromatic N) is 2. The number of carbonyl (C=O) groups is 2. The summed E-state index contributed by atoms with van der Waals surface area (Å²) in [7, 11) is -2.66. The molecule has 3 aromatic carbocycles. The van der Waals surface area contributed by atoms with Gasteiger partial charge in [-0.3, -0.25) is 13.9 Å². The van der Waals surface area contributed by atoms with Crippen LogP contribution in [0, 0.1) is 0 Å². The van der Waals surface area contributed by atoms with Gasteiger partial charge in [-0.1, -0.05) is 50.5 Å². The van der Waals surface area contributed by atoms with E-state index in [0.29, 0.717) is 24.5 Å². The summed E-state index contributed by atoms with van der Waals surface area (Å²) in [5.74, 6) is 0.211. The number of nitrogens with one attached hydrogen (secondary N) is 1. The molecular weight excluding hydrogens is 623 g/mol. The van der Waals surface area contributed by atoms with Crippen molar-refractivity contribution in [3.63, 3.8) is 0 Å². The number of sulfonamides is 1. The summed E-state index contributed by atoms with van der Waals surface area (Å²) in [5.41, 5.74) is 1.00. The van der Waals surface area contributed by atoms with E-state index in [2.05, 4.69) is 5.32 Å². The molecule has 0 aliphatic heterocycles. The van der Waals surface area contributed by atoms with Crippen LogP contribution in [0.2, 0.25) is 0 Å². The zero-order valence-corrected chi connectivity index (χ0v) is 28.7. The van der Waals surface area contributed by atoms with E-state index in [1.54, 1.807) is 55.6 Å². The second-order valence-corrected chi connectivity index (χ2v) is 14.0. The first-order chi connectivity index (χ1) is 22.2. The van der Waals surface area contributed by atoms with Crippen molar-refractivity contribution in [2.45, 2.75) is 80.8 Å². The maximum absolute atomic E-state index is 14.5. The monoisotopic (exact) mass is 667 g/mol. The highest BCUT2D eigenvalue weighted by Gasteiger charge is 2.35. The van der Waals surface area contributed by atoms with Gasteiger partial charge in [0.2, 0.25) is 11.8 Å². The van der Waals surface area contributed by atoms with Crippen LogP contribution in [0.4, 0.5) is 5.69 Å². The van der Waals surface area contributed by atoms with Gasteiger partial charge in [-0.05, 0) is 86.5 Å². The van der Waals surface area contributed by atoms with Crippen molar-refractivity contribution < 1.29 is 27.5 Å². The first-order valence-corrected chi connectivity index (χ1v) is 18.5. The second kappa shape index (κ2) is 16.7. The summed E-state index contributed by atoms with van der Waals surface area (Å²) in [6.07, 6.45) is 7.34. The van der Waals surface area contributed by atoms with Crippen molar-refractivity contribution in [2.75, 3.05) is 30.8 Å². The van der Waals surface area contributed by atoms with E-state index in [1.165, 1.54) is 16.7 Å². The van der Waals surface area contributed by atoms with Crippen molar-refractivity contribution in [1.82, 2.24) is 10.2 Å². The van der Waals surface area contributed by atoms with Gasteiger partial charge >= 0.3 is 0 Å². The van der Waals surface area contributed by atoms with Gasteiger partial charge in [0.15, 0.2) is 0 Å². The topological polar surface area (TPSA) is 105 Å². The van der Waals surface area contributed by atoms with Crippen LogP contribution >= 0.6 is 11.8 Å². The quantitative estimate of drug-likeness (QED) is 0.191. The molecule has 46 heavy (non-hydrogen) atoms. The Bertz CT molecular complexity index is 1560. The molecule has 248 valence electrons. The maximum atomic E-state index is 14.5. The number of amides is 2. The van der Waals surface area contributed by atoms with Gasteiger partial charge in [-0.25, -0.2) is 8.42 Å². The van der Waals surface area contributed by atoms with Crippen LogP contribution in [0.5, 0.6) is 11.5 Å². The van der Waals surface area contributed by atoms with E-state index in [4.69, 9.17) is 9.47 Å². The standard InChI is InChI=1S/C35H45N3O6S2/c1-5-31(35(40)36-27-14-8-7-9-15-27)37(24-26-13-12-16-28(23-26)43-3)34(39)25-38(32-17-10-11-18-33(32)44-6-2)46(41,42)30-21-19-29(45-4)20-22-30/h10-13,16-23,27,31H,5-9,14-15,24-25H2,1-4H3,(H,36,40)/t31-/m1/s1. The molecule has 0 unspecified atom stereocenters. The summed E-state index contributed by atoms with van der Waals surface area (Å²) in [4.78, 5) is 30.7. The van der Waals surface area contributed by atoms with E-state index in [1.807, 2.05) is 44.4 Å². The van der Waals surface area contributed by atoms with E-state index < -0.39 is 28.5 Å². The Morgan fingerprint density at radius 3 is 2.35 bits per heavy atom. The third-order valence-corrected chi connectivity index (χ3v) is 10.7. The molecule has 0 bridgehead atoms. The zero-order valence-electron chi connectivity index (χ0n) is 27.1. The molecule has 1 fully saturated rings. The maximum Gasteiger partial charge on any atom is 0.264 e. The minimum atomic E-state index is -4.23. The Labute approximate surface area is 277 Å². The zero-order chi connectivity index (χ0) is 33.1. The minimum Gasteiger partial charge on any atom is -0.497 e. The van der Waals surface area contributed by atoms with Gasteiger partial charge in [0.05, 0.1) is 24.3 Å². The molecular formula is C35H45N3O6S2. The number of hydrogen-bond donors (Lipinski definition) is 1. The lowest BCUT2D eigenvalue weighted by atomic mass is 9.95. The summed E-state index contributed by atoms with van der Waals surface area (Å²) in [6.45, 7) is 3.55. The van der Waals surface area contributed by atoms with Gasteiger partial charge in [-0.2, -0.15) is 0 Å². The first-order valence-electron chi connectivity index (χ1n) is 15.8. The van der Waals surface area contributed by atoms with E-state index in [9.17, 15) is 18.0 Å². The first kappa shape index (κ1) is 35.2. The number of benzene rings is 3. The number of thioether (sulfide) groups is 1. The molecule has 1 saturated carbocycles. The summed E-state index contributed by atoms with van der Waals surface area (Å²) in [6, 6.07) is 19.9. The van der Waals surface area contributed by atoms with Crippen molar-refractivity contribution >= 4 is 39.3 Å². The molecule has 0 spiro atoms. The Balaban J connectivity index is 1.75. The molecule has 1 aliphatic rings. The third kappa shape index (κ3) is 8.76. The van der Waals surface area contributed by atoms with Crippen molar-refractivity contribution in [3.8, 4) is 11.5 Å². The molecule has 0 radical (unpaired) electrons. The average Bonchev–Trinajstić information content (AvgIpc) is 3.08. The molecule has 9 nitrogen and oxygen atoms in total. The normalized spacial score (nSPS) is 14.3. The summed E-state index contributed by atoms with van der Waals surface area (Å²) < 4.78 is 41.0. The van der Waals surface area contributed by atoms with Gasteiger partial charge in [0.1, 0.15) is 24.1 Å². The molecule has 4 rings (SSSR count). The predicted octanol–water partition coefficient (Wildman–Crippen LogP) is 6.27. The fourth-order valence-electron chi connectivity index (χ4n) is 5.76. The molecule has 1 atom stereocenters. The van der Waals surface area contributed by atoms with Crippen LogP contribution < -0.4 is 19.1 Å². The number of rotatable bonds is 15. The highest BCUT2D eigenvalue weighted by atomic mass is 32.2. The second-order valence-electron chi connectivity index (χ2n) is 11.2. The molecule has 11 heteroatoms. The molecule has 0 saturated heterocycles. The number of anilines is 1. The fraction of sp³-hybridized carbons (Fsp3) is 0.429. The third-order valence-electron chi connectivity index (χ3n) is 8.18. The fourth-order valence-corrected chi connectivity index (χ4v) is 7.59. The predicted molar refractivity (Wildman–Crippen MR) is 183 cm³/mol. The van der Waals surface area contributed by atoms with Gasteiger partial charge < -0.3 is 19.7 Å². The highest BCUT2D eigenvalue weighted by molar-refractivity contribution is 7.98. The molecule has 1 aliphatic carbocycles. The van der Waals surface area contributed by atoms with Gasteiger partial charge in [-0.15, -0.1) is 11.8 Å². The van der Waals surface area contributed by atoms with Crippen LogP contribution in [-0.4, -0.2) is 63.7 Å². The number of ether oxygens (including phenoxy) is 2. The number of hydrogen-bond acceptors (Lipinski definition) is 7. The number of carbonyl (C=O) groups excluding carboxylic acids is 2. The lowest BCUT2D eigenvalue weighted by Gasteiger charge is -2.34. The molecule has 0 aromatic heterocycles. The smallest absolute Gasteiger partial charge is 0.264 e. The largest absolute Gasteiger partial charge is 0.497 e. The highest BCUT2D eigenvalue weighted by Crippen LogP contribution is 2.33.